The van der Waals surface area contributed by atoms with E-state index in [2.05, 4.69) is 10.1 Å². The van der Waals surface area contributed by atoms with Gasteiger partial charge >= 0.3 is 13.3 Å². The summed E-state index contributed by atoms with van der Waals surface area (Å²) in [5, 5.41) is 2.09. The minimum Gasteiger partial charge on any atom is -0.336 e. The molecule has 2 rings (SSSR count). The highest BCUT2D eigenvalue weighted by Crippen LogP contribution is 2.43. The number of nitrogens with one attached hydrogen (secondary N) is 1. The van der Waals surface area contributed by atoms with Crippen LogP contribution in [0, 0.1) is 0 Å². The molecule has 23 heavy (non-hydrogen) atoms. The van der Waals surface area contributed by atoms with Gasteiger partial charge in [-0.2, -0.15) is 0 Å². The molecule has 1 heterocycles. The molecule has 1 aromatic carbocycles. The molecule has 0 bridgehead atoms. The second-order valence-electron chi connectivity index (χ2n) is 4.40. The van der Waals surface area contributed by atoms with Gasteiger partial charge in [-0.05, 0) is 26.0 Å². The molecule has 0 saturated heterocycles. The van der Waals surface area contributed by atoms with Crippen molar-refractivity contribution in [3.05, 3.63) is 40.3 Å². The molecule has 0 unspecified atom stereocenters. The molecule has 1 aromatic heterocycles. The van der Waals surface area contributed by atoms with E-state index in [0.29, 0.717) is 11.0 Å². The number of carbonyl (C=O) groups is 1. The van der Waals surface area contributed by atoms with Crippen LogP contribution < -0.4 is 16.5 Å². The Labute approximate surface area is 132 Å². The summed E-state index contributed by atoms with van der Waals surface area (Å²) in [6.45, 7) is 3.31. The molecule has 0 saturated carbocycles. The number of hydrogen-bond donors (Lipinski definition) is 2. The highest BCUT2D eigenvalue weighted by atomic mass is 31.2. The van der Waals surface area contributed by atoms with Crippen LogP contribution in [-0.2, 0) is 13.6 Å². The molecule has 9 nitrogen and oxygen atoms in total. The van der Waals surface area contributed by atoms with Gasteiger partial charge in [-0.25, -0.2) is 14.2 Å². The zero-order valence-electron chi connectivity index (χ0n) is 12.7. The van der Waals surface area contributed by atoms with Crippen LogP contribution in [0.25, 0.3) is 11.0 Å². The third-order valence-corrected chi connectivity index (χ3v) is 4.52. The number of nitrogens with two attached hydrogens (primary N) is 1. The predicted octanol–water partition coefficient (Wildman–Crippen LogP) is 1.02. The van der Waals surface area contributed by atoms with Gasteiger partial charge in [0.15, 0.2) is 5.69 Å². The van der Waals surface area contributed by atoms with Gasteiger partial charge in [-0.1, -0.05) is 12.1 Å². The van der Waals surface area contributed by atoms with Gasteiger partial charge in [0.25, 0.3) is 5.91 Å². The van der Waals surface area contributed by atoms with Gasteiger partial charge in [0, 0.05) is 0 Å². The number of nitrogen functional groups attached to an aromatic ring is 1. The monoisotopic (exact) mass is 340 g/mol. The van der Waals surface area contributed by atoms with Crippen LogP contribution >= 0.6 is 7.75 Å². The van der Waals surface area contributed by atoms with Crippen molar-refractivity contribution in [3.63, 3.8) is 0 Å². The van der Waals surface area contributed by atoms with E-state index < -0.39 is 24.9 Å². The SMILES string of the molecule is CCOP(=O)(NC(=O)c1nc2ccccc2n(N)c1=O)OCC. The topological polar surface area (TPSA) is 126 Å². The normalized spacial score (nSPS) is 11.6. The predicted molar refractivity (Wildman–Crippen MR) is 84.5 cm³/mol. The quantitative estimate of drug-likeness (QED) is 0.594. The number of rotatable bonds is 6. The first-order valence-electron chi connectivity index (χ1n) is 6.90. The largest absolute Gasteiger partial charge is 0.435 e. The molecule has 0 aliphatic rings. The molecular weight excluding hydrogens is 323 g/mol. The number of aromatic nitrogens is 2. The second kappa shape index (κ2) is 6.91. The molecule has 3 N–H and O–H groups in total. The Hall–Kier alpha value is -2.22. The lowest BCUT2D eigenvalue weighted by Gasteiger charge is -2.17. The van der Waals surface area contributed by atoms with E-state index in [1.54, 1.807) is 38.1 Å². The molecule has 0 spiro atoms. The van der Waals surface area contributed by atoms with Crippen LogP contribution in [0.3, 0.4) is 0 Å². The van der Waals surface area contributed by atoms with Gasteiger partial charge in [-0.3, -0.25) is 23.7 Å². The zero-order valence-corrected chi connectivity index (χ0v) is 13.6. The molecule has 0 radical (unpaired) electrons. The molecule has 2 aromatic rings. The number of carbonyl (C=O) groups excluding carboxylic acids is 1. The minimum atomic E-state index is -3.86. The summed E-state index contributed by atoms with van der Waals surface area (Å²) in [6.07, 6.45) is 0. The van der Waals surface area contributed by atoms with Crippen molar-refractivity contribution in [2.45, 2.75) is 13.8 Å². The van der Waals surface area contributed by atoms with Crippen molar-refractivity contribution in [1.29, 1.82) is 0 Å². The van der Waals surface area contributed by atoms with Gasteiger partial charge in [0.1, 0.15) is 0 Å². The van der Waals surface area contributed by atoms with Gasteiger partial charge < -0.3 is 5.84 Å². The van der Waals surface area contributed by atoms with E-state index in [0.717, 1.165) is 4.68 Å². The maximum absolute atomic E-state index is 12.3. The maximum atomic E-state index is 12.3. The van der Waals surface area contributed by atoms with E-state index in [4.69, 9.17) is 14.9 Å². The number of amides is 1. The number of benzene rings is 1. The summed E-state index contributed by atoms with van der Waals surface area (Å²) in [4.78, 5) is 28.4. The summed E-state index contributed by atoms with van der Waals surface area (Å²) in [5.74, 6) is 4.71. The average molecular weight is 340 g/mol. The van der Waals surface area contributed by atoms with Crippen LogP contribution in [0.15, 0.2) is 29.1 Å². The molecule has 0 aliphatic carbocycles. The summed E-state index contributed by atoms with van der Waals surface area (Å²) in [5.41, 5.74) is -0.596. The van der Waals surface area contributed by atoms with Crippen molar-refractivity contribution < 1.29 is 18.4 Å². The van der Waals surface area contributed by atoms with E-state index in [9.17, 15) is 14.2 Å². The van der Waals surface area contributed by atoms with Gasteiger partial charge in [0.2, 0.25) is 0 Å². The number of para-hydroxylation sites is 2. The van der Waals surface area contributed by atoms with E-state index in [1.165, 1.54) is 0 Å². The summed E-state index contributed by atoms with van der Waals surface area (Å²) in [7, 11) is -3.86. The standard InChI is InChI=1S/C13H17N4O5P/c1-3-21-23(20,22-4-2)16-12(18)11-13(19)17(14)10-8-6-5-7-9(10)15-11/h5-8H,3-4,14H2,1-2H3,(H,16,18,20). The van der Waals surface area contributed by atoms with E-state index in [1.807, 2.05) is 0 Å². The van der Waals surface area contributed by atoms with Crippen molar-refractivity contribution in [2.75, 3.05) is 19.1 Å². The molecule has 10 heteroatoms. The Balaban J connectivity index is 2.43. The first-order valence-corrected chi connectivity index (χ1v) is 8.44. The zero-order chi connectivity index (χ0) is 17.0. The summed E-state index contributed by atoms with van der Waals surface area (Å²) >= 11 is 0. The Morgan fingerprint density at radius 3 is 2.52 bits per heavy atom. The molecular formula is C13H17N4O5P. The van der Waals surface area contributed by atoms with Crippen LogP contribution in [0.2, 0.25) is 0 Å². The summed E-state index contributed by atoms with van der Waals surface area (Å²) in [6, 6.07) is 6.56. The highest BCUT2D eigenvalue weighted by Gasteiger charge is 2.29. The van der Waals surface area contributed by atoms with Crippen molar-refractivity contribution in [2.24, 2.45) is 0 Å². The Morgan fingerprint density at radius 1 is 1.30 bits per heavy atom. The number of fused-ring (bicyclic) bond motifs is 1. The first kappa shape index (κ1) is 17.1. The average Bonchev–Trinajstić information content (AvgIpc) is 2.51. The third kappa shape index (κ3) is 3.58. The fourth-order valence-corrected chi connectivity index (χ4v) is 3.16. The van der Waals surface area contributed by atoms with E-state index in [-0.39, 0.29) is 13.2 Å². The molecule has 1 amide bonds. The lowest BCUT2D eigenvalue weighted by atomic mass is 10.3. The fraction of sp³-hybridized carbons (Fsp3) is 0.308. The Morgan fingerprint density at radius 2 is 1.91 bits per heavy atom. The van der Waals surface area contributed by atoms with Gasteiger partial charge in [-0.15, -0.1) is 0 Å². The smallest absolute Gasteiger partial charge is 0.336 e. The molecule has 0 aliphatic heterocycles. The Kier molecular flexibility index (Phi) is 5.15. The van der Waals surface area contributed by atoms with Crippen LogP contribution in [-0.4, -0.2) is 28.8 Å². The van der Waals surface area contributed by atoms with Crippen molar-refractivity contribution >= 4 is 24.7 Å². The fourth-order valence-electron chi connectivity index (χ4n) is 1.92. The Bertz CT molecular complexity index is 825. The van der Waals surface area contributed by atoms with Crippen LogP contribution in [0.1, 0.15) is 24.3 Å². The number of nitrogens with zero attached hydrogens (tertiary/aromatic N) is 2. The van der Waals surface area contributed by atoms with Crippen molar-refractivity contribution in [1.82, 2.24) is 14.7 Å². The van der Waals surface area contributed by atoms with Crippen LogP contribution in [0.4, 0.5) is 0 Å². The molecule has 0 fully saturated rings. The lowest BCUT2D eigenvalue weighted by Crippen LogP contribution is -2.37. The highest BCUT2D eigenvalue weighted by molar-refractivity contribution is 7.52. The first-order chi connectivity index (χ1) is 10.9. The molecule has 124 valence electrons. The summed E-state index contributed by atoms with van der Waals surface area (Å²) < 4.78 is 23.0. The minimum absolute atomic E-state index is 0.0594. The third-order valence-electron chi connectivity index (χ3n) is 2.85. The maximum Gasteiger partial charge on any atom is 0.435 e. The van der Waals surface area contributed by atoms with Crippen molar-refractivity contribution in [3.8, 4) is 0 Å². The van der Waals surface area contributed by atoms with Gasteiger partial charge in [0.05, 0.1) is 24.2 Å². The second-order valence-corrected chi connectivity index (χ2v) is 6.13. The lowest BCUT2D eigenvalue weighted by molar-refractivity contribution is 0.0953. The van der Waals surface area contributed by atoms with Crippen LogP contribution in [0.5, 0.6) is 0 Å². The number of hydrogen-bond acceptors (Lipinski definition) is 7. The molecule has 0 atom stereocenters. The van der Waals surface area contributed by atoms with E-state index >= 15 is 0 Å².